The molecule has 4 heterocycles. The normalized spacial score (nSPS) is 32.4. The number of carbonyl (C=O) groups is 4. The summed E-state index contributed by atoms with van der Waals surface area (Å²) in [5, 5.41) is 12.8. The first-order valence-electron chi connectivity index (χ1n) is 13.0. The van der Waals surface area contributed by atoms with E-state index < -0.39 is 35.7 Å². The molecule has 3 saturated heterocycles. The maximum absolute atomic E-state index is 15.4. The zero-order valence-electron chi connectivity index (χ0n) is 20.6. The molecular formula is C25H29ClFN5O5S. The number of carbonyl (C=O) groups excluding carboxylic acids is 4. The molecule has 38 heavy (non-hydrogen) atoms. The van der Waals surface area contributed by atoms with Gasteiger partial charge in [-0.1, -0.05) is 11.6 Å². The minimum Gasteiger partial charge on any atom is -0.446 e. The molecule has 0 bridgehead atoms. The number of rotatable bonds is 5. The molecule has 1 aliphatic carbocycles. The van der Waals surface area contributed by atoms with Gasteiger partial charge in [-0.2, -0.15) is 0 Å². The largest absolute Gasteiger partial charge is 0.446 e. The number of benzene rings is 1. The molecule has 6 rings (SSSR count). The van der Waals surface area contributed by atoms with E-state index in [1.165, 1.54) is 11.0 Å². The van der Waals surface area contributed by atoms with Crippen molar-refractivity contribution in [3.63, 3.8) is 0 Å². The van der Waals surface area contributed by atoms with Crippen molar-refractivity contribution >= 4 is 47.2 Å². The Morgan fingerprint density at radius 1 is 1.21 bits per heavy atom. The van der Waals surface area contributed by atoms with E-state index in [0.29, 0.717) is 28.8 Å². The highest BCUT2D eigenvalue weighted by molar-refractivity contribution is 8.00. The van der Waals surface area contributed by atoms with Crippen molar-refractivity contribution in [3.05, 3.63) is 33.6 Å². The fourth-order valence-corrected chi connectivity index (χ4v) is 7.83. The minimum absolute atomic E-state index is 0.0273. The number of nitrogens with zero attached hydrogens (tertiary/aromatic N) is 1. The third-order valence-corrected chi connectivity index (χ3v) is 9.96. The Kier molecular flexibility index (Phi) is 7.00. The summed E-state index contributed by atoms with van der Waals surface area (Å²) in [4.78, 5) is 50.4. The van der Waals surface area contributed by atoms with Crippen LogP contribution in [0, 0.1) is 11.7 Å². The van der Waals surface area contributed by atoms with E-state index in [1.807, 2.05) is 11.8 Å². The lowest BCUT2D eigenvalue weighted by Crippen LogP contribution is -2.60. The van der Waals surface area contributed by atoms with E-state index in [0.717, 1.165) is 31.7 Å². The van der Waals surface area contributed by atoms with Gasteiger partial charge in [-0.05, 0) is 44.2 Å². The minimum atomic E-state index is -0.871. The van der Waals surface area contributed by atoms with Gasteiger partial charge in [0.2, 0.25) is 11.8 Å². The summed E-state index contributed by atoms with van der Waals surface area (Å²) < 4.78 is 20.9. The van der Waals surface area contributed by atoms with Crippen molar-refractivity contribution in [3.8, 4) is 0 Å². The van der Waals surface area contributed by atoms with Gasteiger partial charge in [0.15, 0.2) is 0 Å². The Morgan fingerprint density at radius 2 is 2.03 bits per heavy atom. The molecule has 4 fully saturated rings. The number of nitrogens with one attached hydrogen (secondary N) is 4. The highest BCUT2D eigenvalue weighted by Gasteiger charge is 2.46. The number of piperidine rings is 2. The number of hydrogen-bond donors (Lipinski definition) is 4. The van der Waals surface area contributed by atoms with Crippen molar-refractivity contribution in [2.24, 2.45) is 5.92 Å². The van der Waals surface area contributed by atoms with Crippen LogP contribution in [0.25, 0.3) is 0 Å². The Hall–Kier alpha value is -2.41. The number of ether oxygens (including phenoxy) is 1. The summed E-state index contributed by atoms with van der Waals surface area (Å²) >= 11 is 8.35. The lowest BCUT2D eigenvalue weighted by molar-refractivity contribution is -0.136. The van der Waals surface area contributed by atoms with Gasteiger partial charge in [-0.25, -0.2) is 9.18 Å². The zero-order chi connectivity index (χ0) is 26.6. The first-order valence-corrected chi connectivity index (χ1v) is 14.4. The monoisotopic (exact) mass is 565 g/mol. The van der Waals surface area contributed by atoms with Crippen molar-refractivity contribution in [1.82, 2.24) is 26.2 Å². The number of amides is 4. The van der Waals surface area contributed by atoms with E-state index in [9.17, 15) is 19.2 Å². The Labute approximate surface area is 228 Å². The summed E-state index contributed by atoms with van der Waals surface area (Å²) in [7, 11) is 0. The first kappa shape index (κ1) is 25.8. The third kappa shape index (κ3) is 4.65. The van der Waals surface area contributed by atoms with Gasteiger partial charge in [0.05, 0.1) is 5.56 Å². The second-order valence-electron chi connectivity index (χ2n) is 10.5. The summed E-state index contributed by atoms with van der Waals surface area (Å²) in [6.07, 6.45) is 2.16. The molecule has 0 radical (unpaired) electrons. The SMILES string of the molecule is O=C1CCC(N2Cc3c(Cl)cc(CNC(=O)OC4CC(C5NCCC6SCNC65)C4)c(F)c3C2=O)C(=O)N1. The number of halogens is 2. The van der Waals surface area contributed by atoms with Gasteiger partial charge in [0, 0.05) is 58.9 Å². The van der Waals surface area contributed by atoms with Gasteiger partial charge >= 0.3 is 6.09 Å². The van der Waals surface area contributed by atoms with Gasteiger partial charge < -0.3 is 25.6 Å². The molecule has 1 saturated carbocycles. The summed E-state index contributed by atoms with van der Waals surface area (Å²) in [5.41, 5.74) is 0.142. The molecule has 0 spiro atoms. The van der Waals surface area contributed by atoms with Gasteiger partial charge in [-0.3, -0.25) is 19.7 Å². The van der Waals surface area contributed by atoms with Crippen LogP contribution in [0.3, 0.4) is 0 Å². The van der Waals surface area contributed by atoms with Gasteiger partial charge in [0.25, 0.3) is 5.91 Å². The first-order chi connectivity index (χ1) is 18.3. The number of alkyl carbamates (subject to hydrolysis) is 1. The Balaban J connectivity index is 1.04. The highest BCUT2D eigenvalue weighted by Crippen LogP contribution is 2.40. The Bertz CT molecular complexity index is 1200. The maximum atomic E-state index is 15.4. The van der Waals surface area contributed by atoms with Crippen molar-refractivity contribution < 1.29 is 28.3 Å². The average molecular weight is 566 g/mol. The lowest BCUT2D eigenvalue weighted by Gasteiger charge is -2.45. The van der Waals surface area contributed by atoms with E-state index in [2.05, 4.69) is 21.3 Å². The van der Waals surface area contributed by atoms with E-state index >= 15 is 4.39 Å². The molecular weight excluding hydrogens is 537 g/mol. The molecule has 4 aliphatic heterocycles. The molecule has 10 nitrogen and oxygen atoms in total. The standard InChI is InChI=1S/C25H29ClFN5O5S/c26-15-7-12(20(27)19-14(15)9-32(24(19)35)16-1-2-18(33)31-23(16)34)8-29-25(36)37-13-5-11(6-13)21-22-17(3-4-28-21)38-10-30-22/h7,11,13,16-17,21-22,28,30H,1-6,8-10H2,(H,29,36)(H,31,33,34). The highest BCUT2D eigenvalue weighted by atomic mass is 35.5. The van der Waals surface area contributed by atoms with Gasteiger partial charge in [-0.15, -0.1) is 11.8 Å². The predicted molar refractivity (Wildman–Crippen MR) is 137 cm³/mol. The topological polar surface area (TPSA) is 129 Å². The summed E-state index contributed by atoms with van der Waals surface area (Å²) in [6.45, 7) is 0.779. The van der Waals surface area contributed by atoms with E-state index in [-0.39, 0.29) is 48.2 Å². The van der Waals surface area contributed by atoms with Gasteiger partial charge in [0.1, 0.15) is 18.0 Å². The molecule has 4 N–H and O–H groups in total. The van der Waals surface area contributed by atoms with Crippen LogP contribution in [-0.2, 0) is 27.4 Å². The number of fused-ring (bicyclic) bond motifs is 2. The molecule has 5 aliphatic rings. The third-order valence-electron chi connectivity index (χ3n) is 8.33. The maximum Gasteiger partial charge on any atom is 0.407 e. The predicted octanol–water partition coefficient (Wildman–Crippen LogP) is 1.64. The number of hydrogen-bond acceptors (Lipinski definition) is 8. The van der Waals surface area contributed by atoms with Crippen LogP contribution in [-0.4, -0.2) is 70.6 Å². The second kappa shape index (κ2) is 10.3. The molecule has 0 aromatic heterocycles. The Morgan fingerprint density at radius 3 is 2.82 bits per heavy atom. The molecule has 4 amide bonds. The quantitative estimate of drug-likeness (QED) is 0.397. The smallest absolute Gasteiger partial charge is 0.407 e. The van der Waals surface area contributed by atoms with Crippen LogP contribution in [0.2, 0.25) is 5.02 Å². The molecule has 1 aromatic carbocycles. The van der Waals surface area contributed by atoms with Crippen LogP contribution < -0.4 is 21.3 Å². The average Bonchev–Trinajstić information content (AvgIpc) is 3.48. The molecule has 13 heteroatoms. The number of imide groups is 1. The molecule has 4 unspecified atom stereocenters. The van der Waals surface area contributed by atoms with Crippen LogP contribution in [0.4, 0.5) is 9.18 Å². The van der Waals surface area contributed by atoms with Crippen LogP contribution in [0.1, 0.15) is 53.6 Å². The van der Waals surface area contributed by atoms with Crippen molar-refractivity contribution in [2.45, 2.75) is 74.7 Å². The van der Waals surface area contributed by atoms with E-state index in [4.69, 9.17) is 16.3 Å². The van der Waals surface area contributed by atoms with E-state index in [1.54, 1.807) is 0 Å². The summed E-state index contributed by atoms with van der Waals surface area (Å²) in [6, 6.07) is 1.35. The van der Waals surface area contributed by atoms with Crippen molar-refractivity contribution in [2.75, 3.05) is 12.4 Å². The molecule has 204 valence electrons. The fourth-order valence-electron chi connectivity index (χ4n) is 6.28. The molecule has 1 aromatic rings. The van der Waals surface area contributed by atoms with Crippen LogP contribution >= 0.6 is 23.4 Å². The zero-order valence-corrected chi connectivity index (χ0v) is 22.1. The van der Waals surface area contributed by atoms with Crippen molar-refractivity contribution in [1.29, 1.82) is 0 Å². The molecule has 4 atom stereocenters. The summed E-state index contributed by atoms with van der Waals surface area (Å²) in [5.74, 6) is -1.01. The second-order valence-corrected chi connectivity index (χ2v) is 12.2. The number of thioether (sulfide) groups is 1. The fraction of sp³-hybridized carbons (Fsp3) is 0.600. The van der Waals surface area contributed by atoms with Crippen LogP contribution in [0.5, 0.6) is 0 Å². The lowest BCUT2D eigenvalue weighted by atomic mass is 9.73. The van der Waals surface area contributed by atoms with Crippen LogP contribution in [0.15, 0.2) is 6.07 Å².